The van der Waals surface area contributed by atoms with Crippen molar-refractivity contribution in [2.24, 2.45) is 0 Å². The van der Waals surface area contributed by atoms with Crippen LogP contribution in [0.3, 0.4) is 0 Å². The molecule has 0 aliphatic carbocycles. The number of esters is 3. The van der Waals surface area contributed by atoms with Crippen LogP contribution in [0.2, 0.25) is 0 Å². The Hall–Kier alpha value is -2.70. The molecule has 0 amide bonds. The number of carbonyl (C=O) groups excluding carboxylic acids is 3. The number of carbonyl (C=O) groups is 4. The number of rotatable bonds is 12. The SMILES string of the molecule is CCCCCCOC(=O)c1cccc(C(=O)OC(=O)CCCCC(=O)O)c1. The second kappa shape index (κ2) is 12.6. The summed E-state index contributed by atoms with van der Waals surface area (Å²) in [6, 6.07) is 5.81. The van der Waals surface area contributed by atoms with Gasteiger partial charge in [0.1, 0.15) is 0 Å². The molecule has 7 nitrogen and oxygen atoms in total. The number of carboxylic acid groups (broad SMARTS) is 1. The van der Waals surface area contributed by atoms with Crippen molar-refractivity contribution in [3.05, 3.63) is 35.4 Å². The highest BCUT2D eigenvalue weighted by Gasteiger charge is 2.15. The molecule has 0 bridgehead atoms. The summed E-state index contributed by atoms with van der Waals surface area (Å²) in [7, 11) is 0. The molecule has 1 aromatic rings. The highest BCUT2D eigenvalue weighted by atomic mass is 16.6. The van der Waals surface area contributed by atoms with Gasteiger partial charge in [0.05, 0.1) is 17.7 Å². The molecule has 0 saturated heterocycles. The summed E-state index contributed by atoms with van der Waals surface area (Å²) >= 11 is 0. The molecule has 0 unspecified atom stereocenters. The molecule has 0 aromatic heterocycles. The summed E-state index contributed by atoms with van der Waals surface area (Å²) in [5.41, 5.74) is 0.295. The van der Waals surface area contributed by atoms with Crippen LogP contribution in [-0.4, -0.2) is 35.6 Å². The molecule has 1 rings (SSSR count). The van der Waals surface area contributed by atoms with Gasteiger partial charge in [0.25, 0.3) is 0 Å². The topological polar surface area (TPSA) is 107 Å². The van der Waals surface area contributed by atoms with Crippen molar-refractivity contribution in [3.63, 3.8) is 0 Å². The van der Waals surface area contributed by atoms with E-state index in [-0.39, 0.29) is 24.0 Å². The molecule has 1 N–H and O–H groups in total. The van der Waals surface area contributed by atoms with Gasteiger partial charge >= 0.3 is 23.9 Å². The first kappa shape index (κ1) is 22.3. The number of unbranched alkanes of at least 4 members (excludes halogenated alkanes) is 4. The van der Waals surface area contributed by atoms with Crippen molar-refractivity contribution < 1.29 is 33.8 Å². The average molecular weight is 378 g/mol. The van der Waals surface area contributed by atoms with Crippen LogP contribution >= 0.6 is 0 Å². The van der Waals surface area contributed by atoms with Crippen molar-refractivity contribution in [3.8, 4) is 0 Å². The van der Waals surface area contributed by atoms with Crippen molar-refractivity contribution in [2.45, 2.75) is 58.3 Å². The zero-order valence-corrected chi connectivity index (χ0v) is 15.6. The molecule has 0 aliphatic heterocycles. The van der Waals surface area contributed by atoms with E-state index in [1.165, 1.54) is 24.3 Å². The number of hydrogen-bond donors (Lipinski definition) is 1. The molecular formula is C20H26O7. The van der Waals surface area contributed by atoms with E-state index >= 15 is 0 Å². The Labute approximate surface area is 158 Å². The Balaban J connectivity index is 2.47. The number of carboxylic acids is 1. The normalized spacial score (nSPS) is 10.3. The van der Waals surface area contributed by atoms with Gasteiger partial charge in [-0.1, -0.05) is 32.3 Å². The molecule has 0 heterocycles. The standard InChI is InChI=1S/C20H26O7/c1-2-3-4-7-13-26-19(24)15-9-8-10-16(14-15)20(25)27-18(23)12-6-5-11-17(21)22/h8-10,14H,2-7,11-13H2,1H3,(H,21,22). The zero-order valence-electron chi connectivity index (χ0n) is 15.6. The van der Waals surface area contributed by atoms with Crippen LogP contribution in [0, 0.1) is 0 Å². The fraction of sp³-hybridized carbons (Fsp3) is 0.500. The number of aliphatic carboxylic acids is 1. The highest BCUT2D eigenvalue weighted by molar-refractivity contribution is 5.99. The minimum absolute atomic E-state index is 0.0379. The lowest BCUT2D eigenvalue weighted by atomic mass is 10.1. The maximum atomic E-state index is 12.0. The Bertz CT molecular complexity index is 651. The van der Waals surface area contributed by atoms with Crippen molar-refractivity contribution >= 4 is 23.9 Å². The summed E-state index contributed by atoms with van der Waals surface area (Å²) < 4.78 is 9.90. The number of benzene rings is 1. The maximum Gasteiger partial charge on any atom is 0.345 e. The summed E-state index contributed by atoms with van der Waals surface area (Å²) in [4.78, 5) is 46.1. The van der Waals surface area contributed by atoms with E-state index in [1.54, 1.807) is 0 Å². The van der Waals surface area contributed by atoms with Gasteiger partial charge in [0.15, 0.2) is 0 Å². The summed E-state index contributed by atoms with van der Waals surface area (Å²) in [6.07, 6.45) is 4.53. The summed E-state index contributed by atoms with van der Waals surface area (Å²) in [5.74, 6) is -3.04. The fourth-order valence-electron chi connectivity index (χ4n) is 2.31. The lowest BCUT2D eigenvalue weighted by Crippen LogP contribution is -2.14. The monoisotopic (exact) mass is 378 g/mol. The van der Waals surface area contributed by atoms with Crippen LogP contribution in [0.1, 0.15) is 79.0 Å². The zero-order chi connectivity index (χ0) is 20.1. The van der Waals surface area contributed by atoms with Crippen LogP contribution in [0.5, 0.6) is 0 Å². The van der Waals surface area contributed by atoms with Gasteiger partial charge in [0, 0.05) is 12.8 Å². The Kier molecular flexibility index (Phi) is 10.4. The third-order valence-corrected chi connectivity index (χ3v) is 3.79. The van der Waals surface area contributed by atoms with Crippen LogP contribution < -0.4 is 0 Å². The van der Waals surface area contributed by atoms with E-state index in [0.29, 0.717) is 19.4 Å². The first-order valence-electron chi connectivity index (χ1n) is 9.18. The molecule has 0 fully saturated rings. The van der Waals surface area contributed by atoms with Gasteiger partial charge in [-0.05, 0) is 37.5 Å². The van der Waals surface area contributed by atoms with Crippen molar-refractivity contribution in [2.75, 3.05) is 6.61 Å². The Morgan fingerprint density at radius 2 is 1.56 bits per heavy atom. The molecule has 0 saturated carbocycles. The lowest BCUT2D eigenvalue weighted by Gasteiger charge is -2.07. The van der Waals surface area contributed by atoms with Gasteiger partial charge in [-0.25, -0.2) is 9.59 Å². The van der Waals surface area contributed by atoms with Gasteiger partial charge in [-0.2, -0.15) is 0 Å². The first-order chi connectivity index (χ1) is 12.9. The quantitative estimate of drug-likeness (QED) is 0.335. The van der Waals surface area contributed by atoms with E-state index in [0.717, 1.165) is 25.7 Å². The van der Waals surface area contributed by atoms with Gasteiger partial charge in [0.2, 0.25) is 0 Å². The molecule has 0 aliphatic rings. The summed E-state index contributed by atoms with van der Waals surface area (Å²) in [6.45, 7) is 2.42. The third-order valence-electron chi connectivity index (χ3n) is 3.79. The molecule has 0 atom stereocenters. The average Bonchev–Trinajstić information content (AvgIpc) is 2.65. The highest BCUT2D eigenvalue weighted by Crippen LogP contribution is 2.11. The van der Waals surface area contributed by atoms with Crippen LogP contribution in [-0.2, 0) is 19.1 Å². The molecule has 0 spiro atoms. The molecule has 148 valence electrons. The van der Waals surface area contributed by atoms with Crippen LogP contribution in [0.15, 0.2) is 24.3 Å². The van der Waals surface area contributed by atoms with Gasteiger partial charge in [-0.3, -0.25) is 9.59 Å². The molecule has 0 radical (unpaired) electrons. The molecular weight excluding hydrogens is 352 g/mol. The Morgan fingerprint density at radius 3 is 2.22 bits per heavy atom. The van der Waals surface area contributed by atoms with E-state index in [4.69, 9.17) is 14.6 Å². The van der Waals surface area contributed by atoms with E-state index in [9.17, 15) is 19.2 Å². The van der Waals surface area contributed by atoms with Crippen LogP contribution in [0.4, 0.5) is 0 Å². The predicted octanol–water partition coefficient (Wildman–Crippen LogP) is 3.75. The third kappa shape index (κ3) is 9.53. The van der Waals surface area contributed by atoms with E-state index in [1.807, 2.05) is 0 Å². The number of ether oxygens (including phenoxy) is 2. The minimum atomic E-state index is -0.937. The second-order valence-electron chi connectivity index (χ2n) is 6.14. The van der Waals surface area contributed by atoms with Gasteiger partial charge in [-0.15, -0.1) is 0 Å². The number of hydrogen-bond acceptors (Lipinski definition) is 6. The van der Waals surface area contributed by atoms with E-state index in [2.05, 4.69) is 6.92 Å². The lowest BCUT2D eigenvalue weighted by molar-refractivity contribution is -0.139. The van der Waals surface area contributed by atoms with Gasteiger partial charge < -0.3 is 14.6 Å². The van der Waals surface area contributed by atoms with Crippen molar-refractivity contribution in [1.29, 1.82) is 0 Å². The molecule has 27 heavy (non-hydrogen) atoms. The minimum Gasteiger partial charge on any atom is -0.481 e. The smallest absolute Gasteiger partial charge is 0.345 e. The largest absolute Gasteiger partial charge is 0.481 e. The second-order valence-corrected chi connectivity index (χ2v) is 6.14. The maximum absolute atomic E-state index is 12.0. The van der Waals surface area contributed by atoms with Crippen LogP contribution in [0.25, 0.3) is 0 Å². The predicted molar refractivity (Wildman–Crippen MR) is 97.4 cm³/mol. The fourth-order valence-corrected chi connectivity index (χ4v) is 2.31. The molecule has 1 aromatic carbocycles. The van der Waals surface area contributed by atoms with Crippen molar-refractivity contribution in [1.82, 2.24) is 0 Å². The molecule has 7 heteroatoms. The first-order valence-corrected chi connectivity index (χ1v) is 9.18. The Morgan fingerprint density at radius 1 is 0.889 bits per heavy atom. The van der Waals surface area contributed by atoms with E-state index < -0.39 is 23.9 Å². The summed E-state index contributed by atoms with van der Waals surface area (Å²) in [5, 5.41) is 8.53.